The molecule has 1 aliphatic heterocycles. The average molecular weight is 342 g/mol. The van der Waals surface area contributed by atoms with Crippen LogP contribution in [0.3, 0.4) is 0 Å². The van der Waals surface area contributed by atoms with E-state index in [1.54, 1.807) is 11.9 Å². The highest BCUT2D eigenvalue weighted by Gasteiger charge is 2.31. The fourth-order valence-electron chi connectivity index (χ4n) is 2.83. The second-order valence-corrected chi connectivity index (χ2v) is 5.89. The molecule has 1 aliphatic rings. The SMILES string of the molecule is CNC(=O)CCCC(=O)N1CCc2ccc(C(F)(F)F)cc2CC1. The molecule has 132 valence electrons. The van der Waals surface area contributed by atoms with Gasteiger partial charge in [-0.3, -0.25) is 9.59 Å². The third kappa shape index (κ3) is 4.72. The van der Waals surface area contributed by atoms with Gasteiger partial charge in [0, 0.05) is 33.0 Å². The Hall–Kier alpha value is -2.05. The van der Waals surface area contributed by atoms with Crippen LogP contribution in [-0.2, 0) is 28.6 Å². The number of hydrogen-bond donors (Lipinski definition) is 1. The van der Waals surface area contributed by atoms with E-state index in [1.165, 1.54) is 12.1 Å². The molecule has 0 saturated heterocycles. The molecule has 7 heteroatoms. The molecule has 2 rings (SSSR count). The van der Waals surface area contributed by atoms with E-state index in [1.807, 2.05) is 0 Å². The molecule has 0 fully saturated rings. The van der Waals surface area contributed by atoms with Crippen LogP contribution in [0.4, 0.5) is 13.2 Å². The summed E-state index contributed by atoms with van der Waals surface area (Å²) in [6, 6.07) is 3.80. The predicted molar refractivity (Wildman–Crippen MR) is 83.3 cm³/mol. The lowest BCUT2D eigenvalue weighted by Crippen LogP contribution is -2.33. The van der Waals surface area contributed by atoms with E-state index >= 15 is 0 Å². The molecule has 0 saturated carbocycles. The van der Waals surface area contributed by atoms with Crippen molar-refractivity contribution in [2.24, 2.45) is 0 Å². The summed E-state index contributed by atoms with van der Waals surface area (Å²) >= 11 is 0. The molecule has 0 aromatic heterocycles. The molecule has 1 aromatic carbocycles. The van der Waals surface area contributed by atoms with Gasteiger partial charge in [0.15, 0.2) is 0 Å². The zero-order valence-electron chi connectivity index (χ0n) is 13.6. The molecule has 0 aliphatic carbocycles. The van der Waals surface area contributed by atoms with Crippen molar-refractivity contribution in [3.05, 3.63) is 34.9 Å². The molecular formula is C17H21F3N2O2. The standard InChI is InChI=1S/C17H21F3N2O2/c1-21-15(23)3-2-4-16(24)22-9-7-12-5-6-14(17(18,19)20)11-13(12)8-10-22/h5-6,11H,2-4,7-10H2,1H3,(H,21,23). The molecule has 0 atom stereocenters. The molecule has 4 nitrogen and oxygen atoms in total. The predicted octanol–water partition coefficient (Wildman–Crippen LogP) is 2.55. The maximum absolute atomic E-state index is 12.8. The Balaban J connectivity index is 1.95. The summed E-state index contributed by atoms with van der Waals surface area (Å²) in [4.78, 5) is 25.0. The second kappa shape index (κ2) is 7.68. The van der Waals surface area contributed by atoms with Crippen molar-refractivity contribution in [1.82, 2.24) is 10.2 Å². The number of nitrogens with one attached hydrogen (secondary N) is 1. The third-order valence-corrected chi connectivity index (χ3v) is 4.26. The van der Waals surface area contributed by atoms with Gasteiger partial charge < -0.3 is 10.2 Å². The van der Waals surface area contributed by atoms with E-state index in [-0.39, 0.29) is 18.2 Å². The van der Waals surface area contributed by atoms with Gasteiger partial charge in [0.25, 0.3) is 0 Å². The number of alkyl halides is 3. The Bertz CT molecular complexity index is 614. The van der Waals surface area contributed by atoms with Gasteiger partial charge in [0.1, 0.15) is 0 Å². The summed E-state index contributed by atoms with van der Waals surface area (Å²) < 4.78 is 38.4. The van der Waals surface area contributed by atoms with Crippen LogP contribution in [0.15, 0.2) is 18.2 Å². The summed E-state index contributed by atoms with van der Waals surface area (Å²) in [7, 11) is 1.55. The Morgan fingerprint density at radius 3 is 2.42 bits per heavy atom. The number of rotatable bonds is 4. The highest BCUT2D eigenvalue weighted by atomic mass is 19.4. The molecule has 0 bridgehead atoms. The molecule has 0 radical (unpaired) electrons. The van der Waals surface area contributed by atoms with Crippen LogP contribution >= 0.6 is 0 Å². The number of carbonyl (C=O) groups is 2. The average Bonchev–Trinajstić information content (AvgIpc) is 2.75. The van der Waals surface area contributed by atoms with Gasteiger partial charge in [0.05, 0.1) is 5.56 Å². The first-order chi connectivity index (χ1) is 11.3. The minimum Gasteiger partial charge on any atom is -0.359 e. The Labute approximate surface area is 139 Å². The number of halogens is 3. The first kappa shape index (κ1) is 18.3. The number of hydrogen-bond acceptors (Lipinski definition) is 2. The van der Waals surface area contributed by atoms with Crippen molar-refractivity contribution in [1.29, 1.82) is 0 Å². The lowest BCUT2D eigenvalue weighted by molar-refractivity contribution is -0.137. The molecule has 1 aromatic rings. The largest absolute Gasteiger partial charge is 0.416 e. The second-order valence-electron chi connectivity index (χ2n) is 5.89. The minimum atomic E-state index is -4.35. The van der Waals surface area contributed by atoms with Crippen LogP contribution in [0.1, 0.15) is 36.0 Å². The number of carbonyl (C=O) groups excluding carboxylic acids is 2. The van der Waals surface area contributed by atoms with Crippen molar-refractivity contribution < 1.29 is 22.8 Å². The van der Waals surface area contributed by atoms with Gasteiger partial charge in [-0.1, -0.05) is 6.07 Å². The van der Waals surface area contributed by atoms with E-state index < -0.39 is 11.7 Å². The minimum absolute atomic E-state index is 0.0530. The summed E-state index contributed by atoms with van der Waals surface area (Å²) in [5.41, 5.74) is 0.876. The van der Waals surface area contributed by atoms with Crippen molar-refractivity contribution in [3.8, 4) is 0 Å². The normalized spacial score (nSPS) is 14.8. The Morgan fingerprint density at radius 2 is 1.79 bits per heavy atom. The molecular weight excluding hydrogens is 321 g/mol. The summed E-state index contributed by atoms with van der Waals surface area (Å²) in [5.74, 6) is -0.159. The molecule has 24 heavy (non-hydrogen) atoms. The van der Waals surface area contributed by atoms with E-state index in [0.29, 0.717) is 44.3 Å². The van der Waals surface area contributed by atoms with E-state index in [4.69, 9.17) is 0 Å². The topological polar surface area (TPSA) is 49.4 Å². The molecule has 1 heterocycles. The fraction of sp³-hybridized carbons (Fsp3) is 0.529. The van der Waals surface area contributed by atoms with Crippen molar-refractivity contribution in [2.75, 3.05) is 20.1 Å². The van der Waals surface area contributed by atoms with Crippen LogP contribution in [0.5, 0.6) is 0 Å². The quantitative estimate of drug-likeness (QED) is 0.914. The lowest BCUT2D eigenvalue weighted by atomic mass is 10.00. The van der Waals surface area contributed by atoms with Gasteiger partial charge >= 0.3 is 6.18 Å². The first-order valence-corrected chi connectivity index (χ1v) is 7.98. The van der Waals surface area contributed by atoms with Crippen molar-refractivity contribution in [3.63, 3.8) is 0 Å². The maximum Gasteiger partial charge on any atom is 0.416 e. The highest BCUT2D eigenvalue weighted by Crippen LogP contribution is 2.31. The van der Waals surface area contributed by atoms with E-state index in [2.05, 4.69) is 5.32 Å². The van der Waals surface area contributed by atoms with Gasteiger partial charge in [0.2, 0.25) is 11.8 Å². The summed E-state index contributed by atoms with van der Waals surface area (Å²) in [6.45, 7) is 0.907. The van der Waals surface area contributed by atoms with Crippen molar-refractivity contribution in [2.45, 2.75) is 38.3 Å². The third-order valence-electron chi connectivity index (χ3n) is 4.26. The first-order valence-electron chi connectivity index (χ1n) is 7.98. The zero-order valence-corrected chi connectivity index (χ0v) is 13.6. The summed E-state index contributed by atoms with van der Waals surface area (Å²) in [5, 5.41) is 2.50. The van der Waals surface area contributed by atoms with Crippen molar-refractivity contribution >= 4 is 11.8 Å². The fourth-order valence-corrected chi connectivity index (χ4v) is 2.83. The van der Waals surface area contributed by atoms with Gasteiger partial charge in [-0.25, -0.2) is 0 Å². The number of nitrogens with zero attached hydrogens (tertiary/aromatic N) is 1. The van der Waals surface area contributed by atoms with Crippen LogP contribution < -0.4 is 5.32 Å². The Kier molecular flexibility index (Phi) is 5.85. The zero-order chi connectivity index (χ0) is 17.7. The Morgan fingerprint density at radius 1 is 1.12 bits per heavy atom. The smallest absolute Gasteiger partial charge is 0.359 e. The van der Waals surface area contributed by atoms with Crippen LogP contribution in [-0.4, -0.2) is 36.9 Å². The highest BCUT2D eigenvalue weighted by molar-refractivity contribution is 5.78. The molecule has 0 unspecified atom stereocenters. The summed E-state index contributed by atoms with van der Waals surface area (Å²) in [6.07, 6.45) is -2.34. The van der Waals surface area contributed by atoms with Gasteiger partial charge in [-0.2, -0.15) is 13.2 Å². The lowest BCUT2D eigenvalue weighted by Gasteiger charge is -2.20. The van der Waals surface area contributed by atoms with Gasteiger partial charge in [-0.05, 0) is 42.5 Å². The monoisotopic (exact) mass is 342 g/mol. The number of fused-ring (bicyclic) bond motifs is 1. The number of benzene rings is 1. The van der Waals surface area contributed by atoms with Crippen LogP contribution in [0.2, 0.25) is 0 Å². The number of amides is 2. The van der Waals surface area contributed by atoms with Crippen LogP contribution in [0, 0.1) is 0 Å². The van der Waals surface area contributed by atoms with Crippen LogP contribution in [0.25, 0.3) is 0 Å². The van der Waals surface area contributed by atoms with Gasteiger partial charge in [-0.15, -0.1) is 0 Å². The van der Waals surface area contributed by atoms with E-state index in [0.717, 1.165) is 11.6 Å². The molecule has 1 N–H and O–H groups in total. The van der Waals surface area contributed by atoms with E-state index in [9.17, 15) is 22.8 Å². The molecule has 0 spiro atoms. The molecule has 2 amide bonds. The maximum atomic E-state index is 12.8.